The summed E-state index contributed by atoms with van der Waals surface area (Å²) in [6.07, 6.45) is 0.739. The van der Waals surface area contributed by atoms with Gasteiger partial charge in [0.2, 0.25) is 0 Å². The topological polar surface area (TPSA) is 63.4 Å². The van der Waals surface area contributed by atoms with E-state index in [4.69, 9.17) is 5.14 Å². The van der Waals surface area contributed by atoms with Crippen LogP contribution >= 0.6 is 0 Å². The predicted molar refractivity (Wildman–Crippen MR) is 63.0 cm³/mol. The molecule has 0 bridgehead atoms. The number of rotatable bonds is 2. The van der Waals surface area contributed by atoms with Crippen LogP contribution in [0.4, 0.5) is 8.78 Å². The Kier molecular flexibility index (Phi) is 3.65. The first-order valence-corrected chi connectivity index (χ1v) is 7.11. The van der Waals surface area contributed by atoms with Crippen molar-refractivity contribution in [1.82, 2.24) is 4.31 Å². The predicted octanol–water partition coefficient (Wildman–Crippen LogP) is 1.35. The number of piperidine rings is 1. The zero-order valence-electron chi connectivity index (χ0n) is 9.64. The van der Waals surface area contributed by atoms with Crippen LogP contribution in [0, 0.1) is 11.6 Å². The van der Waals surface area contributed by atoms with Gasteiger partial charge in [-0.1, -0.05) is 6.07 Å². The molecule has 0 saturated carbocycles. The summed E-state index contributed by atoms with van der Waals surface area (Å²) in [6.45, 7) is 0.383. The van der Waals surface area contributed by atoms with Crippen molar-refractivity contribution in [3.63, 3.8) is 0 Å². The molecule has 0 unspecified atom stereocenters. The molecule has 18 heavy (non-hydrogen) atoms. The molecule has 1 aromatic rings. The van der Waals surface area contributed by atoms with Crippen LogP contribution < -0.4 is 5.14 Å². The Morgan fingerprint density at radius 3 is 2.11 bits per heavy atom. The summed E-state index contributed by atoms with van der Waals surface area (Å²) in [5.41, 5.74) is 0.0477. The minimum absolute atomic E-state index is 0.0477. The van der Waals surface area contributed by atoms with E-state index in [1.165, 1.54) is 18.2 Å². The molecule has 7 heteroatoms. The molecule has 2 rings (SSSR count). The van der Waals surface area contributed by atoms with Crippen LogP contribution in [0.3, 0.4) is 0 Å². The minimum atomic E-state index is -3.71. The maximum absolute atomic E-state index is 13.6. The van der Waals surface area contributed by atoms with E-state index in [-0.39, 0.29) is 24.6 Å². The number of benzene rings is 1. The highest BCUT2D eigenvalue weighted by Gasteiger charge is 2.29. The van der Waals surface area contributed by atoms with Gasteiger partial charge < -0.3 is 0 Å². The van der Waals surface area contributed by atoms with Crippen LogP contribution in [0.5, 0.6) is 0 Å². The van der Waals surface area contributed by atoms with Crippen molar-refractivity contribution in [3.8, 4) is 0 Å². The summed E-state index contributed by atoms with van der Waals surface area (Å²) in [4.78, 5) is 0. The quantitative estimate of drug-likeness (QED) is 0.886. The van der Waals surface area contributed by atoms with E-state index < -0.39 is 21.8 Å². The van der Waals surface area contributed by atoms with Gasteiger partial charge >= 0.3 is 0 Å². The normalized spacial score (nSPS) is 19.1. The van der Waals surface area contributed by atoms with Crippen molar-refractivity contribution in [1.29, 1.82) is 0 Å². The van der Waals surface area contributed by atoms with Gasteiger partial charge in [-0.15, -0.1) is 0 Å². The Bertz CT molecular complexity index is 520. The van der Waals surface area contributed by atoms with Gasteiger partial charge in [0.25, 0.3) is 10.2 Å². The van der Waals surface area contributed by atoms with Crippen LogP contribution in [0.25, 0.3) is 0 Å². The highest BCUT2D eigenvalue weighted by Crippen LogP contribution is 2.31. The fourth-order valence-corrected chi connectivity index (χ4v) is 3.02. The molecule has 0 atom stereocenters. The van der Waals surface area contributed by atoms with Crippen LogP contribution in [-0.4, -0.2) is 25.8 Å². The van der Waals surface area contributed by atoms with E-state index in [9.17, 15) is 17.2 Å². The molecule has 4 nitrogen and oxygen atoms in total. The van der Waals surface area contributed by atoms with Gasteiger partial charge in [0.15, 0.2) is 0 Å². The second-order valence-corrected chi connectivity index (χ2v) is 5.90. The van der Waals surface area contributed by atoms with Gasteiger partial charge in [-0.3, -0.25) is 0 Å². The molecule has 1 heterocycles. The molecule has 1 fully saturated rings. The standard InChI is InChI=1S/C11H14F2N2O2S/c12-9-2-1-3-10(13)11(9)8-4-6-15(7-5-8)18(14,16)17/h1-3,8H,4-7H2,(H2,14,16,17). The number of hydrogen-bond donors (Lipinski definition) is 1. The third-order valence-electron chi connectivity index (χ3n) is 3.22. The molecular weight excluding hydrogens is 262 g/mol. The van der Waals surface area contributed by atoms with E-state index >= 15 is 0 Å². The zero-order chi connectivity index (χ0) is 13.3. The van der Waals surface area contributed by atoms with Crippen molar-refractivity contribution >= 4 is 10.2 Å². The molecule has 1 aromatic carbocycles. The fourth-order valence-electron chi connectivity index (χ4n) is 2.30. The van der Waals surface area contributed by atoms with Gasteiger partial charge in [0, 0.05) is 18.7 Å². The lowest BCUT2D eigenvalue weighted by molar-refractivity contribution is 0.311. The van der Waals surface area contributed by atoms with E-state index in [2.05, 4.69) is 0 Å². The van der Waals surface area contributed by atoms with Gasteiger partial charge in [-0.05, 0) is 30.9 Å². The molecule has 0 radical (unpaired) electrons. The Balaban J connectivity index is 2.15. The van der Waals surface area contributed by atoms with Crippen LogP contribution in [0.2, 0.25) is 0 Å². The van der Waals surface area contributed by atoms with E-state index in [1.807, 2.05) is 0 Å². The highest BCUT2D eigenvalue weighted by atomic mass is 32.2. The Hall–Kier alpha value is -1.05. The lowest BCUT2D eigenvalue weighted by Gasteiger charge is -2.30. The summed E-state index contributed by atoms with van der Waals surface area (Å²) in [5.74, 6) is -1.46. The van der Waals surface area contributed by atoms with Crippen LogP contribution in [-0.2, 0) is 10.2 Å². The molecule has 1 saturated heterocycles. The molecule has 0 spiro atoms. The number of hydrogen-bond acceptors (Lipinski definition) is 2. The van der Waals surface area contributed by atoms with Crippen molar-refractivity contribution in [3.05, 3.63) is 35.4 Å². The molecule has 1 aliphatic heterocycles. The average Bonchev–Trinajstić information content (AvgIpc) is 2.28. The summed E-state index contributed by atoms with van der Waals surface area (Å²) in [7, 11) is -3.71. The molecule has 1 aliphatic rings. The van der Waals surface area contributed by atoms with E-state index in [0.29, 0.717) is 12.8 Å². The first kappa shape index (κ1) is 13.4. The number of halogens is 2. The smallest absolute Gasteiger partial charge is 0.216 e. The monoisotopic (exact) mass is 276 g/mol. The molecule has 0 aliphatic carbocycles. The van der Waals surface area contributed by atoms with E-state index in [0.717, 1.165) is 4.31 Å². The van der Waals surface area contributed by atoms with Gasteiger partial charge in [-0.2, -0.15) is 12.7 Å². The van der Waals surface area contributed by atoms with Crippen LogP contribution in [0.15, 0.2) is 18.2 Å². The van der Waals surface area contributed by atoms with Gasteiger partial charge in [0.1, 0.15) is 11.6 Å². The molecule has 100 valence electrons. The second-order valence-electron chi connectivity index (χ2n) is 4.35. The number of nitrogens with two attached hydrogens (primary N) is 1. The van der Waals surface area contributed by atoms with Gasteiger partial charge in [-0.25, -0.2) is 13.9 Å². The first-order valence-electron chi connectivity index (χ1n) is 5.61. The molecule has 0 aromatic heterocycles. The second kappa shape index (κ2) is 4.91. The summed E-state index contributed by atoms with van der Waals surface area (Å²) in [6, 6.07) is 3.74. The SMILES string of the molecule is NS(=O)(=O)N1CCC(c2c(F)cccc2F)CC1. The molecular formula is C11H14F2N2O2S. The lowest BCUT2D eigenvalue weighted by atomic mass is 9.89. The van der Waals surface area contributed by atoms with Crippen molar-refractivity contribution in [2.24, 2.45) is 5.14 Å². The summed E-state index contributed by atoms with van der Waals surface area (Å²) in [5, 5.41) is 5.00. The Labute approximate surface area is 105 Å². The largest absolute Gasteiger partial charge is 0.276 e. The van der Waals surface area contributed by atoms with E-state index in [1.54, 1.807) is 0 Å². The average molecular weight is 276 g/mol. The van der Waals surface area contributed by atoms with Gasteiger partial charge in [0.05, 0.1) is 0 Å². The highest BCUT2D eigenvalue weighted by molar-refractivity contribution is 7.86. The third kappa shape index (κ3) is 2.68. The fraction of sp³-hybridized carbons (Fsp3) is 0.455. The zero-order valence-corrected chi connectivity index (χ0v) is 10.5. The van der Waals surface area contributed by atoms with Crippen molar-refractivity contribution < 1.29 is 17.2 Å². The third-order valence-corrected chi connectivity index (χ3v) is 4.31. The van der Waals surface area contributed by atoms with Crippen molar-refractivity contribution in [2.75, 3.05) is 13.1 Å². The molecule has 2 N–H and O–H groups in total. The lowest BCUT2D eigenvalue weighted by Crippen LogP contribution is -2.41. The van der Waals surface area contributed by atoms with Crippen LogP contribution in [0.1, 0.15) is 24.3 Å². The Morgan fingerprint density at radius 1 is 1.17 bits per heavy atom. The molecule has 0 amide bonds. The maximum atomic E-state index is 13.6. The number of nitrogens with zero attached hydrogens (tertiary/aromatic N) is 1. The van der Waals surface area contributed by atoms with Crippen molar-refractivity contribution in [2.45, 2.75) is 18.8 Å². The Morgan fingerprint density at radius 2 is 1.67 bits per heavy atom. The minimum Gasteiger partial charge on any atom is -0.216 e. The summed E-state index contributed by atoms with van der Waals surface area (Å²) >= 11 is 0. The first-order chi connectivity index (χ1) is 8.39. The summed E-state index contributed by atoms with van der Waals surface area (Å²) < 4.78 is 50.5. The maximum Gasteiger partial charge on any atom is 0.276 e.